The SMILES string of the molecule is CSc1cccc(N2CC(C(=O)N/N=c3\sc4ccccc4n3C)CC2=O)c1. The van der Waals surface area contributed by atoms with E-state index in [1.807, 2.05) is 66.4 Å². The van der Waals surface area contributed by atoms with Gasteiger partial charge in [-0.3, -0.25) is 9.59 Å². The van der Waals surface area contributed by atoms with E-state index in [0.29, 0.717) is 11.3 Å². The number of hydrogen-bond acceptors (Lipinski definition) is 5. The van der Waals surface area contributed by atoms with Gasteiger partial charge in [-0.25, -0.2) is 5.43 Å². The summed E-state index contributed by atoms with van der Waals surface area (Å²) in [6.45, 7) is 0.372. The van der Waals surface area contributed by atoms with Crippen molar-refractivity contribution in [1.82, 2.24) is 9.99 Å². The average Bonchev–Trinajstić information content (AvgIpc) is 3.27. The first kappa shape index (κ1) is 18.8. The largest absolute Gasteiger partial charge is 0.318 e. The summed E-state index contributed by atoms with van der Waals surface area (Å²) in [4.78, 5) is 28.5. The minimum Gasteiger partial charge on any atom is -0.318 e. The van der Waals surface area contributed by atoms with Gasteiger partial charge in [-0.2, -0.15) is 0 Å². The number of amides is 2. The van der Waals surface area contributed by atoms with E-state index in [9.17, 15) is 9.59 Å². The minimum absolute atomic E-state index is 0.0363. The van der Waals surface area contributed by atoms with Crippen LogP contribution in [0.2, 0.25) is 0 Å². The third-order valence-electron chi connectivity index (χ3n) is 4.84. The smallest absolute Gasteiger partial charge is 0.245 e. The molecular formula is C20H20N4O2S2. The summed E-state index contributed by atoms with van der Waals surface area (Å²) < 4.78 is 3.05. The third kappa shape index (κ3) is 3.57. The number of carbonyl (C=O) groups excluding carboxylic acids is 2. The van der Waals surface area contributed by atoms with E-state index in [1.54, 1.807) is 16.7 Å². The molecule has 1 aliphatic heterocycles. The quantitative estimate of drug-likeness (QED) is 0.529. The third-order valence-corrected chi connectivity index (χ3v) is 6.68. The lowest BCUT2D eigenvalue weighted by Crippen LogP contribution is -2.31. The van der Waals surface area contributed by atoms with Gasteiger partial charge < -0.3 is 9.47 Å². The van der Waals surface area contributed by atoms with Crippen molar-refractivity contribution >= 4 is 50.8 Å². The lowest BCUT2D eigenvalue weighted by Gasteiger charge is -2.17. The van der Waals surface area contributed by atoms with Crippen LogP contribution >= 0.6 is 23.1 Å². The fourth-order valence-electron chi connectivity index (χ4n) is 3.29. The fourth-order valence-corrected chi connectivity index (χ4v) is 4.73. The van der Waals surface area contributed by atoms with E-state index in [-0.39, 0.29) is 18.2 Å². The van der Waals surface area contributed by atoms with Crippen molar-refractivity contribution in [1.29, 1.82) is 0 Å². The molecule has 8 heteroatoms. The Morgan fingerprint density at radius 3 is 2.86 bits per heavy atom. The Morgan fingerprint density at radius 2 is 2.07 bits per heavy atom. The van der Waals surface area contributed by atoms with Gasteiger partial charge in [0.05, 0.1) is 16.1 Å². The number of aryl methyl sites for hydroxylation is 1. The van der Waals surface area contributed by atoms with Crippen LogP contribution in [0.5, 0.6) is 0 Å². The number of anilines is 1. The molecule has 6 nitrogen and oxygen atoms in total. The van der Waals surface area contributed by atoms with Crippen molar-refractivity contribution in [3.8, 4) is 0 Å². The van der Waals surface area contributed by atoms with Gasteiger partial charge in [-0.05, 0) is 36.6 Å². The number of para-hydroxylation sites is 1. The molecule has 2 aromatic carbocycles. The summed E-state index contributed by atoms with van der Waals surface area (Å²) in [5.41, 5.74) is 4.55. The topological polar surface area (TPSA) is 66.7 Å². The number of rotatable bonds is 4. The van der Waals surface area contributed by atoms with Crippen molar-refractivity contribution < 1.29 is 9.59 Å². The summed E-state index contributed by atoms with van der Waals surface area (Å²) in [6, 6.07) is 15.8. The Kier molecular flexibility index (Phi) is 5.23. The number of nitrogens with zero attached hydrogens (tertiary/aromatic N) is 3. The van der Waals surface area contributed by atoms with Crippen LogP contribution < -0.4 is 15.1 Å². The summed E-state index contributed by atoms with van der Waals surface area (Å²) in [6.07, 6.45) is 2.19. The second-order valence-corrected chi connectivity index (χ2v) is 8.49. The number of benzene rings is 2. The normalized spacial score (nSPS) is 17.5. The maximum atomic E-state index is 12.6. The molecule has 28 heavy (non-hydrogen) atoms. The molecule has 0 radical (unpaired) electrons. The Labute approximate surface area is 170 Å². The van der Waals surface area contributed by atoms with Crippen LogP contribution in [0.25, 0.3) is 10.2 Å². The zero-order valence-electron chi connectivity index (χ0n) is 15.6. The molecule has 0 aliphatic carbocycles. The summed E-state index contributed by atoms with van der Waals surface area (Å²) >= 11 is 3.14. The number of aromatic nitrogens is 1. The van der Waals surface area contributed by atoms with Crippen LogP contribution in [0.3, 0.4) is 0 Å². The predicted molar refractivity (Wildman–Crippen MR) is 113 cm³/mol. The molecule has 2 amide bonds. The van der Waals surface area contributed by atoms with Crippen molar-refractivity contribution in [3.63, 3.8) is 0 Å². The molecule has 1 aromatic heterocycles. The molecule has 1 saturated heterocycles. The van der Waals surface area contributed by atoms with Gasteiger partial charge in [0.1, 0.15) is 0 Å². The van der Waals surface area contributed by atoms with Gasteiger partial charge in [0.25, 0.3) is 0 Å². The Bertz CT molecular complexity index is 1120. The van der Waals surface area contributed by atoms with Gasteiger partial charge >= 0.3 is 0 Å². The van der Waals surface area contributed by atoms with E-state index in [2.05, 4.69) is 10.5 Å². The summed E-state index contributed by atoms with van der Waals surface area (Å²) in [7, 11) is 1.92. The molecule has 1 atom stereocenters. The van der Waals surface area contributed by atoms with E-state index in [4.69, 9.17) is 0 Å². The highest BCUT2D eigenvalue weighted by atomic mass is 32.2. The fraction of sp³-hybridized carbons (Fsp3) is 0.250. The number of fused-ring (bicyclic) bond motifs is 1. The molecule has 0 bridgehead atoms. The number of nitrogens with one attached hydrogen (secondary N) is 1. The van der Waals surface area contributed by atoms with E-state index < -0.39 is 5.92 Å². The summed E-state index contributed by atoms with van der Waals surface area (Å²) in [5, 5.41) is 4.29. The lowest BCUT2D eigenvalue weighted by atomic mass is 10.1. The maximum absolute atomic E-state index is 12.6. The second kappa shape index (κ2) is 7.81. The number of thioether (sulfide) groups is 1. The predicted octanol–water partition coefficient (Wildman–Crippen LogP) is 2.95. The molecule has 3 aromatic rings. The highest BCUT2D eigenvalue weighted by molar-refractivity contribution is 7.98. The van der Waals surface area contributed by atoms with Crippen molar-refractivity contribution in [3.05, 3.63) is 53.3 Å². The van der Waals surface area contributed by atoms with Crippen LogP contribution in [0.1, 0.15) is 6.42 Å². The van der Waals surface area contributed by atoms with Crippen LogP contribution in [-0.2, 0) is 16.6 Å². The van der Waals surface area contributed by atoms with E-state index >= 15 is 0 Å². The highest BCUT2D eigenvalue weighted by Crippen LogP contribution is 2.28. The van der Waals surface area contributed by atoms with Crippen LogP contribution in [-0.4, -0.2) is 29.2 Å². The van der Waals surface area contributed by atoms with E-state index in [1.165, 1.54) is 11.3 Å². The van der Waals surface area contributed by atoms with Crippen LogP contribution in [0, 0.1) is 5.92 Å². The molecule has 2 heterocycles. The first-order chi connectivity index (χ1) is 13.6. The first-order valence-electron chi connectivity index (χ1n) is 8.89. The van der Waals surface area contributed by atoms with Crippen LogP contribution in [0.15, 0.2) is 58.5 Å². The molecule has 0 spiro atoms. The second-order valence-electron chi connectivity index (χ2n) is 6.61. The Morgan fingerprint density at radius 1 is 1.25 bits per heavy atom. The molecule has 0 saturated carbocycles. The molecule has 144 valence electrons. The zero-order valence-corrected chi connectivity index (χ0v) is 17.2. The standard InChI is InChI=1S/C20H20N4O2S2/c1-23-16-8-3-4-9-17(16)28-20(23)22-21-19(26)13-10-18(25)24(12-13)14-6-5-7-15(11-14)27-2/h3-9,11,13H,10,12H2,1-2H3,(H,21,26)/b22-20-. The number of carbonyl (C=O) groups is 2. The zero-order chi connectivity index (χ0) is 19.7. The number of thiazole rings is 1. The van der Waals surface area contributed by atoms with Gasteiger partial charge in [0.2, 0.25) is 16.6 Å². The summed E-state index contributed by atoms with van der Waals surface area (Å²) in [5.74, 6) is -0.672. The van der Waals surface area contributed by atoms with Crippen molar-refractivity contribution in [2.45, 2.75) is 11.3 Å². The van der Waals surface area contributed by atoms with Gasteiger partial charge in [-0.1, -0.05) is 29.5 Å². The monoisotopic (exact) mass is 412 g/mol. The van der Waals surface area contributed by atoms with Crippen molar-refractivity contribution in [2.75, 3.05) is 17.7 Å². The van der Waals surface area contributed by atoms with Gasteiger partial charge in [0, 0.05) is 30.6 Å². The molecule has 1 N–H and O–H groups in total. The minimum atomic E-state index is -0.408. The highest BCUT2D eigenvalue weighted by Gasteiger charge is 2.35. The van der Waals surface area contributed by atoms with Crippen LogP contribution in [0.4, 0.5) is 5.69 Å². The molecule has 1 unspecified atom stereocenters. The lowest BCUT2D eigenvalue weighted by molar-refractivity contribution is -0.126. The van der Waals surface area contributed by atoms with Gasteiger partial charge in [0.15, 0.2) is 0 Å². The molecular weight excluding hydrogens is 392 g/mol. The maximum Gasteiger partial charge on any atom is 0.245 e. The Balaban J connectivity index is 1.49. The van der Waals surface area contributed by atoms with Gasteiger partial charge in [-0.15, -0.1) is 16.9 Å². The van der Waals surface area contributed by atoms with E-state index in [0.717, 1.165) is 20.8 Å². The molecule has 1 aliphatic rings. The average molecular weight is 413 g/mol. The number of hydrogen-bond donors (Lipinski definition) is 1. The molecule has 1 fully saturated rings. The molecule has 4 rings (SSSR count). The Hall–Kier alpha value is -2.58. The van der Waals surface area contributed by atoms with Crippen molar-refractivity contribution in [2.24, 2.45) is 18.1 Å². The first-order valence-corrected chi connectivity index (χ1v) is 10.9.